The van der Waals surface area contributed by atoms with Crippen molar-refractivity contribution in [2.24, 2.45) is 0 Å². The summed E-state index contributed by atoms with van der Waals surface area (Å²) < 4.78 is 39.0. The van der Waals surface area contributed by atoms with E-state index in [2.05, 4.69) is 11.5 Å². The normalized spacial score (nSPS) is 15.5. The fraction of sp³-hybridized carbons (Fsp3) is 0.333. The predicted octanol–water partition coefficient (Wildman–Crippen LogP) is 2.22. The van der Waals surface area contributed by atoms with Gasteiger partial charge in [0.1, 0.15) is 0 Å². The lowest BCUT2D eigenvalue weighted by atomic mass is 10.3. The minimum Gasteiger partial charge on any atom is -0.418 e. The van der Waals surface area contributed by atoms with E-state index >= 15 is 0 Å². The van der Waals surface area contributed by atoms with Crippen molar-refractivity contribution in [3.63, 3.8) is 0 Å². The second-order valence-electron chi connectivity index (χ2n) is 2.39. The Morgan fingerprint density at radius 3 is 2.00 bits per heavy atom. The van der Waals surface area contributed by atoms with E-state index in [1.54, 1.807) is 6.20 Å². The third-order valence-electron chi connectivity index (χ3n) is 1.13. The minimum absolute atomic E-state index is 0. The zero-order chi connectivity index (χ0) is 10.5. The Hall–Kier alpha value is -1.14. The number of hydrogen-bond acceptors (Lipinski definition) is 2. The molecular weight excluding hydrogens is 187 g/mol. The van der Waals surface area contributed by atoms with E-state index in [1.807, 2.05) is 24.3 Å². The Morgan fingerprint density at radius 1 is 1.38 bits per heavy atom. The van der Waals surface area contributed by atoms with Crippen LogP contribution in [0.15, 0.2) is 25.2 Å². The first kappa shape index (κ1) is 11.9. The van der Waals surface area contributed by atoms with E-state index in [-0.39, 0.29) is 1.43 Å². The van der Waals surface area contributed by atoms with E-state index in [0.29, 0.717) is 0 Å². The fourth-order valence-corrected chi connectivity index (χ4v) is 0.670. The van der Waals surface area contributed by atoms with Crippen molar-refractivity contribution in [3.05, 3.63) is 25.2 Å². The molecule has 0 aromatic carbocycles. The highest BCUT2D eigenvalue weighted by Gasteiger charge is 2.20. The molecule has 0 fully saturated rings. The van der Waals surface area contributed by atoms with Gasteiger partial charge in [0.25, 0.3) is 0 Å². The van der Waals surface area contributed by atoms with Crippen LogP contribution in [-0.4, -0.2) is 30.8 Å². The monoisotopic (exact) mass is 198 g/mol. The highest BCUT2D eigenvalue weighted by atomic mass is 19.5. The van der Waals surface area contributed by atoms with Crippen LogP contribution >= 0.6 is 0 Å². The third-order valence-corrected chi connectivity index (χ3v) is 1.13. The van der Waals surface area contributed by atoms with Gasteiger partial charge in [-0.15, -0.1) is 0 Å². The number of hydrogen-bond donors (Lipinski definition) is 0. The van der Waals surface area contributed by atoms with Gasteiger partial charge in [-0.3, -0.25) is 0 Å². The molecule has 1 aliphatic heterocycles. The quantitative estimate of drug-likeness (QED) is 0.470. The summed E-state index contributed by atoms with van der Waals surface area (Å²) in [6.07, 6.45) is 5.81. The maximum atomic E-state index is 9.75. The van der Waals surface area contributed by atoms with Crippen LogP contribution in [0.2, 0.25) is 0 Å². The average Bonchev–Trinajstić information content (AvgIpc) is 2.31. The Labute approximate surface area is 75.7 Å². The van der Waals surface area contributed by atoms with Crippen molar-refractivity contribution < 1.29 is 18.7 Å². The molecule has 0 N–H and O–H groups in total. The molecule has 1 aliphatic rings. The SMILES string of the molecule is C=CN1C=CN(C)C1.F[B-](F)(F)F.[H+]. The summed E-state index contributed by atoms with van der Waals surface area (Å²) in [5.41, 5.74) is 0. The summed E-state index contributed by atoms with van der Waals surface area (Å²) in [4.78, 5) is 4.10. The van der Waals surface area contributed by atoms with Crippen LogP contribution in [0.1, 0.15) is 1.43 Å². The van der Waals surface area contributed by atoms with Crippen LogP contribution in [0.4, 0.5) is 17.3 Å². The molecule has 0 radical (unpaired) electrons. The molecule has 0 saturated carbocycles. The Balaban J connectivity index is 0. The summed E-state index contributed by atoms with van der Waals surface area (Å²) in [5.74, 6) is 0. The maximum absolute atomic E-state index is 9.75. The Kier molecular flexibility index (Phi) is 4.37. The third kappa shape index (κ3) is 8.77. The zero-order valence-corrected chi connectivity index (χ0v) is 7.13. The molecule has 13 heavy (non-hydrogen) atoms. The molecule has 0 amide bonds. The first-order valence-corrected chi connectivity index (χ1v) is 3.47. The lowest BCUT2D eigenvalue weighted by Crippen LogP contribution is -2.16. The van der Waals surface area contributed by atoms with Crippen molar-refractivity contribution in [2.75, 3.05) is 13.7 Å². The van der Waals surface area contributed by atoms with Crippen LogP contribution in [0.3, 0.4) is 0 Å². The van der Waals surface area contributed by atoms with Gasteiger partial charge in [-0.25, -0.2) is 0 Å². The Morgan fingerprint density at radius 2 is 1.85 bits per heavy atom. The van der Waals surface area contributed by atoms with Crippen molar-refractivity contribution in [1.29, 1.82) is 0 Å². The molecule has 0 aromatic rings. The van der Waals surface area contributed by atoms with Crippen molar-refractivity contribution in [1.82, 2.24) is 9.80 Å². The summed E-state index contributed by atoms with van der Waals surface area (Å²) in [7, 11) is -3.97. The zero-order valence-electron chi connectivity index (χ0n) is 8.13. The molecule has 0 spiro atoms. The van der Waals surface area contributed by atoms with Crippen LogP contribution < -0.4 is 0 Å². The van der Waals surface area contributed by atoms with Gasteiger partial charge in [0, 0.05) is 19.4 Å². The molecule has 7 heteroatoms. The van der Waals surface area contributed by atoms with Gasteiger partial charge >= 0.3 is 8.68 Å². The summed E-state index contributed by atoms with van der Waals surface area (Å²) in [6.45, 7) is 4.56. The maximum Gasteiger partial charge on any atom is 1.00 e. The van der Waals surface area contributed by atoms with E-state index in [4.69, 9.17) is 0 Å². The number of halogens is 4. The van der Waals surface area contributed by atoms with E-state index in [1.165, 1.54) is 0 Å². The molecule has 0 atom stereocenters. The highest BCUT2D eigenvalue weighted by Crippen LogP contribution is 2.06. The molecule has 2 nitrogen and oxygen atoms in total. The lowest BCUT2D eigenvalue weighted by molar-refractivity contribution is 0.364. The van der Waals surface area contributed by atoms with Crippen LogP contribution in [0.25, 0.3) is 0 Å². The molecular formula is C6H11BF4N2. The Bertz CT molecular complexity index is 191. The predicted molar refractivity (Wildman–Crippen MR) is 45.1 cm³/mol. The largest absolute Gasteiger partial charge is 1.00 e. The summed E-state index contributed by atoms with van der Waals surface area (Å²) in [5, 5.41) is 0. The van der Waals surface area contributed by atoms with Crippen LogP contribution in [0.5, 0.6) is 0 Å². The van der Waals surface area contributed by atoms with Crippen molar-refractivity contribution in [2.45, 2.75) is 0 Å². The molecule has 0 unspecified atom stereocenters. The topological polar surface area (TPSA) is 6.48 Å². The van der Waals surface area contributed by atoms with Gasteiger partial charge in [0.2, 0.25) is 0 Å². The molecule has 76 valence electrons. The van der Waals surface area contributed by atoms with E-state index in [0.717, 1.165) is 6.67 Å². The first-order valence-electron chi connectivity index (χ1n) is 3.47. The van der Waals surface area contributed by atoms with Crippen LogP contribution in [0, 0.1) is 0 Å². The molecule has 0 aliphatic carbocycles. The van der Waals surface area contributed by atoms with Gasteiger partial charge < -0.3 is 27.1 Å². The molecule has 0 saturated heterocycles. The highest BCUT2D eigenvalue weighted by molar-refractivity contribution is 6.50. The molecule has 1 rings (SSSR count). The summed E-state index contributed by atoms with van der Waals surface area (Å²) >= 11 is 0. The molecule has 0 aromatic heterocycles. The van der Waals surface area contributed by atoms with Gasteiger partial charge in [-0.2, -0.15) is 0 Å². The van der Waals surface area contributed by atoms with Crippen LogP contribution in [-0.2, 0) is 0 Å². The standard InChI is InChI=1S/C6H10N2.BF4/c1-3-8-5-4-7(2)6-8;2-1(3,4)5/h3-5H,1,6H2,2H3;/q;-1/p+1. The molecule has 0 bridgehead atoms. The van der Waals surface area contributed by atoms with Gasteiger partial charge in [0.15, 0.2) is 0 Å². The second kappa shape index (κ2) is 4.79. The van der Waals surface area contributed by atoms with E-state index < -0.39 is 7.25 Å². The molecule has 1 heterocycles. The lowest BCUT2D eigenvalue weighted by Gasteiger charge is -2.11. The van der Waals surface area contributed by atoms with Gasteiger partial charge in [-0.05, 0) is 6.20 Å². The fourth-order valence-electron chi connectivity index (χ4n) is 0.670. The second-order valence-corrected chi connectivity index (χ2v) is 2.39. The first-order chi connectivity index (χ1) is 5.83. The van der Waals surface area contributed by atoms with Crippen molar-refractivity contribution in [3.8, 4) is 0 Å². The smallest absolute Gasteiger partial charge is 0.418 e. The number of rotatable bonds is 1. The average molecular weight is 198 g/mol. The van der Waals surface area contributed by atoms with E-state index in [9.17, 15) is 17.3 Å². The summed E-state index contributed by atoms with van der Waals surface area (Å²) in [6, 6.07) is 0. The number of nitrogens with zero attached hydrogens (tertiary/aromatic N) is 2. The van der Waals surface area contributed by atoms with Gasteiger partial charge in [0.05, 0.1) is 6.67 Å². The minimum atomic E-state index is -6.00. The van der Waals surface area contributed by atoms with Gasteiger partial charge in [-0.1, -0.05) is 6.58 Å². The van der Waals surface area contributed by atoms with Crippen molar-refractivity contribution >= 4 is 7.25 Å².